The van der Waals surface area contributed by atoms with Gasteiger partial charge in [-0.25, -0.2) is 0 Å². The number of aryl methyl sites for hydroxylation is 3. The van der Waals surface area contributed by atoms with E-state index in [4.69, 9.17) is 0 Å². The Labute approximate surface area is 206 Å². The number of carbonyl (C=O) groups excluding carboxylic acids is 1. The number of Topliss-reactive ketones (excluding diaryl/α,β-unsaturated/α-hetero) is 1. The highest BCUT2D eigenvalue weighted by Crippen LogP contribution is 2.16. The lowest BCUT2D eigenvalue weighted by molar-refractivity contribution is 0.105. The molecule has 2 heterocycles. The smallest absolute Gasteiger partial charge is 0.273 e. The van der Waals surface area contributed by atoms with Crippen LogP contribution in [0.25, 0.3) is 17.3 Å². The van der Waals surface area contributed by atoms with E-state index in [1.807, 2.05) is 67.8 Å². The zero-order valence-electron chi connectivity index (χ0n) is 19.3. The van der Waals surface area contributed by atoms with Crippen LogP contribution in [0.5, 0.6) is 0 Å². The summed E-state index contributed by atoms with van der Waals surface area (Å²) in [6.07, 6.45) is 3.77. The number of ketones is 1. The van der Waals surface area contributed by atoms with Crippen molar-refractivity contribution in [1.82, 2.24) is 4.57 Å². The number of thiazole rings is 1. The van der Waals surface area contributed by atoms with Crippen molar-refractivity contribution >= 4 is 40.1 Å². The molecule has 6 heteroatoms. The van der Waals surface area contributed by atoms with Crippen molar-refractivity contribution in [3.63, 3.8) is 0 Å². The number of nitriles is 1. The van der Waals surface area contributed by atoms with Crippen LogP contribution in [0.1, 0.15) is 45.3 Å². The van der Waals surface area contributed by atoms with Crippen LogP contribution >= 0.6 is 22.7 Å². The average molecular weight is 485 g/mol. The second-order valence-electron chi connectivity index (χ2n) is 8.12. The predicted molar refractivity (Wildman–Crippen MR) is 140 cm³/mol. The molecule has 34 heavy (non-hydrogen) atoms. The van der Waals surface area contributed by atoms with Crippen LogP contribution < -0.4 is 14.8 Å². The summed E-state index contributed by atoms with van der Waals surface area (Å²) in [7, 11) is 0. The molecule has 2 aromatic carbocycles. The normalized spacial score (nSPS) is 12.5. The van der Waals surface area contributed by atoms with Gasteiger partial charge >= 0.3 is 0 Å². The van der Waals surface area contributed by atoms with Crippen molar-refractivity contribution in [2.75, 3.05) is 0 Å². The number of benzene rings is 2. The molecule has 170 valence electrons. The molecule has 0 aliphatic rings. The molecule has 0 unspecified atom stereocenters. The van der Waals surface area contributed by atoms with E-state index in [9.17, 15) is 14.9 Å². The zero-order chi connectivity index (χ0) is 24.2. The van der Waals surface area contributed by atoms with Crippen LogP contribution in [0.4, 0.5) is 0 Å². The summed E-state index contributed by atoms with van der Waals surface area (Å²) in [6, 6.07) is 19.2. The van der Waals surface area contributed by atoms with Gasteiger partial charge in [0.05, 0.1) is 10.2 Å². The van der Waals surface area contributed by atoms with Crippen molar-refractivity contribution in [2.45, 2.75) is 33.6 Å². The summed E-state index contributed by atoms with van der Waals surface area (Å²) in [6.45, 7) is 5.98. The van der Waals surface area contributed by atoms with Crippen molar-refractivity contribution in [1.29, 1.82) is 5.26 Å². The summed E-state index contributed by atoms with van der Waals surface area (Å²) in [5.74, 6) is -0.381. The lowest BCUT2D eigenvalue weighted by Gasteiger charge is -2.09. The number of nitrogens with zero attached hydrogens (tertiary/aromatic N) is 2. The zero-order valence-corrected chi connectivity index (χ0v) is 20.9. The molecule has 0 aliphatic heterocycles. The number of hydrogen-bond acceptors (Lipinski definition) is 5. The highest BCUT2D eigenvalue weighted by atomic mass is 32.1. The van der Waals surface area contributed by atoms with Crippen LogP contribution in [0.2, 0.25) is 0 Å². The lowest BCUT2D eigenvalue weighted by atomic mass is 10.0. The largest absolute Gasteiger partial charge is 0.288 e. The lowest BCUT2D eigenvalue weighted by Crippen LogP contribution is -2.32. The first-order chi connectivity index (χ1) is 16.4. The van der Waals surface area contributed by atoms with E-state index in [1.165, 1.54) is 27.2 Å². The fraction of sp³-hybridized carbons (Fsp3) is 0.179. The van der Waals surface area contributed by atoms with E-state index in [1.54, 1.807) is 12.1 Å². The van der Waals surface area contributed by atoms with Gasteiger partial charge in [-0.3, -0.25) is 14.2 Å². The van der Waals surface area contributed by atoms with Gasteiger partial charge in [-0.1, -0.05) is 55.8 Å². The third-order valence-electron chi connectivity index (χ3n) is 5.55. The molecule has 0 spiro atoms. The topological polar surface area (TPSA) is 62.9 Å². The molecule has 0 amide bonds. The summed E-state index contributed by atoms with van der Waals surface area (Å²) >= 11 is 2.71. The van der Waals surface area contributed by atoms with Crippen LogP contribution in [-0.2, 0) is 6.42 Å². The van der Waals surface area contributed by atoms with Gasteiger partial charge in [0.2, 0.25) is 5.78 Å². The quantitative estimate of drug-likeness (QED) is 0.365. The van der Waals surface area contributed by atoms with Crippen molar-refractivity contribution in [3.05, 3.63) is 107 Å². The summed E-state index contributed by atoms with van der Waals surface area (Å²) < 4.78 is 2.36. The van der Waals surface area contributed by atoms with Crippen molar-refractivity contribution < 1.29 is 4.79 Å². The minimum absolute atomic E-state index is 0.0305. The Morgan fingerprint density at radius 1 is 1.12 bits per heavy atom. The molecule has 0 radical (unpaired) electrons. The Bertz CT molecular complexity index is 1570. The molecule has 0 N–H and O–H groups in total. The second-order valence-corrected chi connectivity index (χ2v) is 10.1. The van der Waals surface area contributed by atoms with Crippen LogP contribution in [0.3, 0.4) is 0 Å². The van der Waals surface area contributed by atoms with Crippen LogP contribution in [0, 0.1) is 25.2 Å². The van der Waals surface area contributed by atoms with Crippen molar-refractivity contribution in [2.24, 2.45) is 0 Å². The van der Waals surface area contributed by atoms with E-state index in [-0.39, 0.29) is 16.9 Å². The van der Waals surface area contributed by atoms with Gasteiger partial charge in [-0.05, 0) is 60.5 Å². The maximum absolute atomic E-state index is 13.6. The number of carbonyl (C=O) groups is 1. The summed E-state index contributed by atoms with van der Waals surface area (Å²) in [5.41, 5.74) is 3.88. The van der Waals surface area contributed by atoms with Gasteiger partial charge in [-0.15, -0.1) is 22.7 Å². The Morgan fingerprint density at radius 3 is 2.53 bits per heavy atom. The number of aromatic nitrogens is 1. The molecular formula is C28H24N2O2S2. The molecule has 0 bridgehead atoms. The number of rotatable bonds is 6. The van der Waals surface area contributed by atoms with Gasteiger partial charge in [0.15, 0.2) is 0 Å². The highest BCUT2D eigenvalue weighted by molar-refractivity contribution is 7.11. The molecule has 2 aromatic heterocycles. The molecule has 0 saturated carbocycles. The Kier molecular flexibility index (Phi) is 7.06. The monoisotopic (exact) mass is 484 g/mol. The van der Waals surface area contributed by atoms with E-state index < -0.39 is 0 Å². The third-order valence-corrected chi connectivity index (χ3v) is 7.46. The van der Waals surface area contributed by atoms with E-state index in [0.29, 0.717) is 20.4 Å². The van der Waals surface area contributed by atoms with Gasteiger partial charge in [0, 0.05) is 10.4 Å². The highest BCUT2D eigenvalue weighted by Gasteiger charge is 2.19. The number of thiophene rings is 1. The van der Waals surface area contributed by atoms with E-state index in [0.717, 1.165) is 34.4 Å². The first kappa shape index (κ1) is 23.6. The number of hydrogen-bond donors (Lipinski definition) is 0. The maximum Gasteiger partial charge on any atom is 0.273 e. The molecule has 0 atom stereocenters. The van der Waals surface area contributed by atoms with Gasteiger partial charge in [0.25, 0.3) is 5.56 Å². The molecule has 0 saturated heterocycles. The first-order valence-electron chi connectivity index (χ1n) is 11.1. The summed E-state index contributed by atoms with van der Waals surface area (Å²) in [5, 5.41) is 12.0. The van der Waals surface area contributed by atoms with Crippen LogP contribution in [0.15, 0.2) is 64.8 Å². The molecule has 0 aliphatic carbocycles. The fourth-order valence-corrected chi connectivity index (χ4v) is 5.60. The van der Waals surface area contributed by atoms with E-state index >= 15 is 0 Å². The summed E-state index contributed by atoms with van der Waals surface area (Å²) in [4.78, 5) is 28.0. The minimum Gasteiger partial charge on any atom is -0.288 e. The first-order valence-corrected chi connectivity index (χ1v) is 12.7. The van der Waals surface area contributed by atoms with Gasteiger partial charge in [0.1, 0.15) is 16.3 Å². The Hall–Kier alpha value is -3.53. The standard InChI is InChI=1S/C28H24N2O2S2/c1-4-6-20-10-12-21(13-11-20)26(31)23(17-29)28-30(24-15-18(2)8-9-19(24)3)27(32)25(34-28)16-22-7-5-14-33-22/h5,7-16H,4,6H2,1-3H3/b25-16-,28-23-. The molecular weight excluding hydrogens is 460 g/mol. The minimum atomic E-state index is -0.381. The third kappa shape index (κ3) is 4.72. The SMILES string of the molecule is CCCc1ccc(C(=O)/C(C#N)=c2\s/c(=C\c3cccs3)c(=O)n2-c2cc(C)ccc2C)cc1. The van der Waals surface area contributed by atoms with Crippen molar-refractivity contribution in [3.8, 4) is 11.8 Å². The predicted octanol–water partition coefficient (Wildman–Crippen LogP) is 4.92. The van der Waals surface area contributed by atoms with Crippen LogP contribution in [-0.4, -0.2) is 10.4 Å². The van der Waals surface area contributed by atoms with Gasteiger partial charge in [-0.2, -0.15) is 5.26 Å². The maximum atomic E-state index is 13.6. The molecule has 4 rings (SSSR count). The van der Waals surface area contributed by atoms with Gasteiger partial charge < -0.3 is 0 Å². The van der Waals surface area contributed by atoms with E-state index in [2.05, 4.69) is 13.0 Å². The fourth-order valence-electron chi connectivity index (χ4n) is 3.78. The molecule has 0 fully saturated rings. The average Bonchev–Trinajstić information content (AvgIpc) is 3.45. The Morgan fingerprint density at radius 2 is 1.88 bits per heavy atom. The molecule has 4 aromatic rings. The second kappa shape index (κ2) is 10.2. The Balaban J connectivity index is 2.01. The molecule has 4 nitrogen and oxygen atoms in total.